The normalized spacial score (nSPS) is 28.8. The van der Waals surface area contributed by atoms with Crippen molar-refractivity contribution < 1.29 is 0 Å². The number of rotatable bonds is 8. The largest absolute Gasteiger partial charge is 0.0996 e. The first kappa shape index (κ1) is 20.7. The van der Waals surface area contributed by atoms with E-state index in [1.54, 1.807) is 11.1 Å². The zero-order valence-electron chi connectivity index (χ0n) is 18.0. The van der Waals surface area contributed by atoms with Crippen LogP contribution in [0.1, 0.15) is 108 Å². The average Bonchev–Trinajstić information content (AvgIpc) is 2.73. The Labute approximate surface area is 168 Å². The molecule has 1 aromatic carbocycles. The smallest absolute Gasteiger partial charge is 0.0162 e. The zero-order chi connectivity index (χ0) is 19.1. The molecule has 2 fully saturated rings. The molecule has 0 aromatic heterocycles. The molecule has 0 saturated heterocycles. The Morgan fingerprint density at radius 3 is 1.96 bits per heavy atom. The summed E-state index contributed by atoms with van der Waals surface area (Å²) in [7, 11) is 0. The van der Waals surface area contributed by atoms with E-state index in [4.69, 9.17) is 0 Å². The van der Waals surface area contributed by atoms with E-state index in [0.29, 0.717) is 0 Å². The van der Waals surface area contributed by atoms with Crippen molar-refractivity contribution in [2.24, 2.45) is 17.8 Å². The van der Waals surface area contributed by atoms with Crippen LogP contribution >= 0.6 is 0 Å². The lowest BCUT2D eigenvalue weighted by atomic mass is 9.67. The van der Waals surface area contributed by atoms with Crippen molar-refractivity contribution in [3.05, 3.63) is 47.5 Å². The van der Waals surface area contributed by atoms with Crippen LogP contribution < -0.4 is 0 Å². The van der Waals surface area contributed by atoms with Gasteiger partial charge in [-0.1, -0.05) is 63.1 Å². The second-order valence-electron chi connectivity index (χ2n) is 9.48. The lowest BCUT2D eigenvalue weighted by Crippen LogP contribution is -2.25. The summed E-state index contributed by atoms with van der Waals surface area (Å²) in [5.41, 5.74) is 4.67. The standard InChI is InChI=1S/C27H42/c1-4-6-8-21(3)23-13-15-25(16-14-23)27-19-17-26(18-20-27)24-11-9-22(7-5-2)10-12-24/h9-12,23,25-27H,3-8,13-20H2,1-2H3. The summed E-state index contributed by atoms with van der Waals surface area (Å²) in [5, 5.41) is 0. The van der Waals surface area contributed by atoms with E-state index in [2.05, 4.69) is 44.7 Å². The lowest BCUT2D eigenvalue weighted by Gasteiger charge is -2.38. The number of unbranched alkanes of at least 4 members (excludes halogenated alkanes) is 1. The third-order valence-electron chi connectivity index (χ3n) is 7.63. The molecular formula is C27H42. The van der Waals surface area contributed by atoms with Gasteiger partial charge < -0.3 is 0 Å². The Morgan fingerprint density at radius 1 is 0.815 bits per heavy atom. The molecule has 2 saturated carbocycles. The molecule has 0 N–H and O–H groups in total. The van der Waals surface area contributed by atoms with E-state index in [0.717, 1.165) is 23.7 Å². The maximum Gasteiger partial charge on any atom is -0.0162 e. The first-order chi connectivity index (χ1) is 13.2. The van der Waals surface area contributed by atoms with E-state index >= 15 is 0 Å². The second-order valence-corrected chi connectivity index (χ2v) is 9.48. The number of hydrogen-bond acceptors (Lipinski definition) is 0. The molecule has 0 heterocycles. The van der Waals surface area contributed by atoms with Crippen molar-refractivity contribution in [3.8, 4) is 0 Å². The molecule has 0 bridgehead atoms. The quantitative estimate of drug-likeness (QED) is 0.405. The Morgan fingerprint density at radius 2 is 1.41 bits per heavy atom. The van der Waals surface area contributed by atoms with Crippen molar-refractivity contribution in [1.82, 2.24) is 0 Å². The van der Waals surface area contributed by atoms with Crippen LogP contribution in [-0.2, 0) is 6.42 Å². The SMILES string of the molecule is C=C(CCCC)C1CCC(C2CCC(c3ccc(CCC)cc3)CC2)CC1. The number of allylic oxidation sites excluding steroid dienone is 1. The zero-order valence-corrected chi connectivity index (χ0v) is 18.0. The number of hydrogen-bond donors (Lipinski definition) is 0. The second kappa shape index (κ2) is 10.5. The molecule has 1 aromatic rings. The molecular weight excluding hydrogens is 324 g/mol. The molecule has 2 aliphatic rings. The molecule has 0 radical (unpaired) electrons. The van der Waals surface area contributed by atoms with Gasteiger partial charge in [-0.3, -0.25) is 0 Å². The van der Waals surface area contributed by atoms with Crippen LogP contribution in [0.25, 0.3) is 0 Å². The monoisotopic (exact) mass is 366 g/mol. The van der Waals surface area contributed by atoms with Crippen LogP contribution in [0, 0.1) is 17.8 Å². The van der Waals surface area contributed by atoms with E-state index in [9.17, 15) is 0 Å². The molecule has 0 aliphatic heterocycles. The van der Waals surface area contributed by atoms with Crippen LogP contribution in [0.4, 0.5) is 0 Å². The average molecular weight is 367 g/mol. The fourth-order valence-corrected chi connectivity index (χ4v) is 5.78. The molecule has 3 rings (SSSR count). The van der Waals surface area contributed by atoms with Gasteiger partial charge in [-0.25, -0.2) is 0 Å². The predicted molar refractivity (Wildman–Crippen MR) is 119 cm³/mol. The molecule has 0 amide bonds. The predicted octanol–water partition coefficient (Wildman–Crippen LogP) is 8.47. The van der Waals surface area contributed by atoms with Gasteiger partial charge in [0.05, 0.1) is 0 Å². The molecule has 27 heavy (non-hydrogen) atoms. The molecule has 0 nitrogen and oxygen atoms in total. The van der Waals surface area contributed by atoms with Crippen LogP contribution in [-0.4, -0.2) is 0 Å². The van der Waals surface area contributed by atoms with Crippen molar-refractivity contribution in [3.63, 3.8) is 0 Å². The molecule has 0 spiro atoms. The Kier molecular flexibility index (Phi) is 8.04. The highest BCUT2D eigenvalue weighted by Gasteiger charge is 2.31. The summed E-state index contributed by atoms with van der Waals surface area (Å²) in [6.07, 6.45) is 17.9. The highest BCUT2D eigenvalue weighted by molar-refractivity contribution is 5.26. The maximum atomic E-state index is 4.41. The van der Waals surface area contributed by atoms with E-state index in [1.807, 2.05) is 0 Å². The first-order valence-electron chi connectivity index (χ1n) is 12.0. The van der Waals surface area contributed by atoms with Gasteiger partial charge in [0.1, 0.15) is 0 Å². The highest BCUT2D eigenvalue weighted by atomic mass is 14.4. The van der Waals surface area contributed by atoms with Gasteiger partial charge in [-0.05, 0) is 105 Å². The molecule has 0 atom stereocenters. The van der Waals surface area contributed by atoms with E-state index < -0.39 is 0 Å². The van der Waals surface area contributed by atoms with Gasteiger partial charge in [0.25, 0.3) is 0 Å². The fraction of sp³-hybridized carbons (Fsp3) is 0.704. The molecule has 150 valence electrons. The van der Waals surface area contributed by atoms with Gasteiger partial charge in [0.15, 0.2) is 0 Å². The fourth-order valence-electron chi connectivity index (χ4n) is 5.78. The summed E-state index contributed by atoms with van der Waals surface area (Å²) in [6.45, 7) is 8.97. The highest BCUT2D eigenvalue weighted by Crippen LogP contribution is 2.45. The van der Waals surface area contributed by atoms with Crippen molar-refractivity contribution in [2.75, 3.05) is 0 Å². The number of benzene rings is 1. The summed E-state index contributed by atoms with van der Waals surface area (Å²) >= 11 is 0. The van der Waals surface area contributed by atoms with Gasteiger partial charge in [-0.15, -0.1) is 0 Å². The summed E-state index contributed by atoms with van der Waals surface area (Å²) in [4.78, 5) is 0. The van der Waals surface area contributed by atoms with Crippen LogP contribution in [0.5, 0.6) is 0 Å². The lowest BCUT2D eigenvalue weighted by molar-refractivity contribution is 0.168. The minimum atomic E-state index is 0.821. The van der Waals surface area contributed by atoms with Crippen LogP contribution in [0.15, 0.2) is 36.4 Å². The van der Waals surface area contributed by atoms with Gasteiger partial charge in [0.2, 0.25) is 0 Å². The van der Waals surface area contributed by atoms with Gasteiger partial charge >= 0.3 is 0 Å². The van der Waals surface area contributed by atoms with Crippen LogP contribution in [0.3, 0.4) is 0 Å². The van der Waals surface area contributed by atoms with E-state index in [-0.39, 0.29) is 0 Å². The van der Waals surface area contributed by atoms with Crippen molar-refractivity contribution in [2.45, 2.75) is 103 Å². The Bertz CT molecular complexity index is 550. The van der Waals surface area contributed by atoms with Gasteiger partial charge in [-0.2, -0.15) is 0 Å². The minimum Gasteiger partial charge on any atom is -0.0996 e. The molecule has 0 unspecified atom stereocenters. The third-order valence-corrected chi connectivity index (χ3v) is 7.63. The molecule has 0 heteroatoms. The topological polar surface area (TPSA) is 0 Å². The summed E-state index contributed by atoms with van der Waals surface area (Å²) in [6, 6.07) is 9.58. The Balaban J connectivity index is 1.42. The van der Waals surface area contributed by atoms with E-state index in [1.165, 1.54) is 89.0 Å². The van der Waals surface area contributed by atoms with Crippen molar-refractivity contribution in [1.29, 1.82) is 0 Å². The third kappa shape index (κ3) is 5.72. The van der Waals surface area contributed by atoms with Crippen molar-refractivity contribution >= 4 is 0 Å². The maximum absolute atomic E-state index is 4.41. The minimum absolute atomic E-state index is 0.821. The van der Waals surface area contributed by atoms with Crippen LogP contribution in [0.2, 0.25) is 0 Å². The first-order valence-corrected chi connectivity index (χ1v) is 12.0. The summed E-state index contributed by atoms with van der Waals surface area (Å²) < 4.78 is 0. The molecule has 2 aliphatic carbocycles. The Hall–Kier alpha value is -1.04. The van der Waals surface area contributed by atoms with Gasteiger partial charge in [0, 0.05) is 0 Å². The summed E-state index contributed by atoms with van der Waals surface area (Å²) in [5.74, 6) is 3.67. The number of aryl methyl sites for hydroxylation is 1.